The molecule has 0 fully saturated rings. The SMILES string of the molecule is COC(=O)c1nc(O[C@@H](C)CCCCC[C@@](O)(C(=O)O)C(F)(F)F)c(C(F)(F)F)cc1N. The van der Waals surface area contributed by atoms with Gasteiger partial charge in [0.2, 0.25) is 5.88 Å². The molecule has 0 spiro atoms. The van der Waals surface area contributed by atoms with E-state index < -0.39 is 65.2 Å². The molecular formula is C18H22F6N2O6. The van der Waals surface area contributed by atoms with E-state index in [1.54, 1.807) is 0 Å². The van der Waals surface area contributed by atoms with Crippen LogP contribution in [0.25, 0.3) is 0 Å². The number of ether oxygens (including phenoxy) is 2. The molecule has 0 aliphatic heterocycles. The summed E-state index contributed by atoms with van der Waals surface area (Å²) >= 11 is 0. The van der Waals surface area contributed by atoms with E-state index in [4.69, 9.17) is 15.6 Å². The number of methoxy groups -OCH3 is 1. The van der Waals surface area contributed by atoms with Gasteiger partial charge in [-0.3, -0.25) is 0 Å². The third-order valence-electron chi connectivity index (χ3n) is 4.49. The zero-order valence-electron chi connectivity index (χ0n) is 17.0. The molecule has 32 heavy (non-hydrogen) atoms. The first-order valence-corrected chi connectivity index (χ1v) is 9.19. The van der Waals surface area contributed by atoms with Crippen LogP contribution < -0.4 is 10.5 Å². The van der Waals surface area contributed by atoms with Crippen molar-refractivity contribution < 1.29 is 55.6 Å². The zero-order valence-corrected chi connectivity index (χ0v) is 17.0. The first-order valence-electron chi connectivity index (χ1n) is 9.19. The minimum absolute atomic E-state index is 0.0358. The van der Waals surface area contributed by atoms with Gasteiger partial charge < -0.3 is 25.4 Å². The fourth-order valence-electron chi connectivity index (χ4n) is 2.67. The summed E-state index contributed by atoms with van der Waals surface area (Å²) in [6.45, 7) is 1.37. The molecule has 0 bridgehead atoms. The lowest BCUT2D eigenvalue weighted by molar-refractivity contribution is -0.262. The smallest absolute Gasteiger partial charge is 0.428 e. The van der Waals surface area contributed by atoms with Crippen LogP contribution in [0.1, 0.15) is 55.1 Å². The first-order chi connectivity index (χ1) is 14.5. The molecule has 0 unspecified atom stereocenters. The molecule has 0 aromatic carbocycles. The van der Waals surface area contributed by atoms with Crippen molar-refractivity contribution in [2.24, 2.45) is 0 Å². The second-order valence-electron chi connectivity index (χ2n) is 6.96. The van der Waals surface area contributed by atoms with Crippen molar-refractivity contribution in [3.05, 3.63) is 17.3 Å². The summed E-state index contributed by atoms with van der Waals surface area (Å²) in [6.07, 6.45) is -12.3. The molecule has 0 aliphatic rings. The highest BCUT2D eigenvalue weighted by Gasteiger charge is 2.59. The van der Waals surface area contributed by atoms with Crippen molar-refractivity contribution in [1.29, 1.82) is 0 Å². The molecule has 0 radical (unpaired) electrons. The molecule has 1 heterocycles. The van der Waals surface area contributed by atoms with Gasteiger partial charge in [-0.15, -0.1) is 0 Å². The highest BCUT2D eigenvalue weighted by molar-refractivity contribution is 5.93. The maximum Gasteiger partial charge on any atom is 0.428 e. The van der Waals surface area contributed by atoms with Crippen LogP contribution in [0, 0.1) is 0 Å². The van der Waals surface area contributed by atoms with Gasteiger partial charge in [-0.2, -0.15) is 26.3 Å². The van der Waals surface area contributed by atoms with Crippen molar-refractivity contribution in [2.75, 3.05) is 12.8 Å². The summed E-state index contributed by atoms with van der Waals surface area (Å²) in [5, 5.41) is 18.0. The Morgan fingerprint density at radius 2 is 1.75 bits per heavy atom. The molecule has 0 saturated carbocycles. The Morgan fingerprint density at radius 1 is 1.16 bits per heavy atom. The Labute approximate surface area is 178 Å². The number of nitrogens with two attached hydrogens (primary N) is 1. The van der Waals surface area contributed by atoms with Gasteiger partial charge in [0.1, 0.15) is 5.56 Å². The van der Waals surface area contributed by atoms with Crippen LogP contribution in [0.2, 0.25) is 0 Å². The van der Waals surface area contributed by atoms with Crippen LogP contribution in [-0.4, -0.2) is 52.1 Å². The third-order valence-corrected chi connectivity index (χ3v) is 4.49. The Bertz CT molecular complexity index is 829. The lowest BCUT2D eigenvalue weighted by Crippen LogP contribution is -2.52. The number of unbranched alkanes of at least 4 members (excludes halogenated alkanes) is 2. The van der Waals surface area contributed by atoms with E-state index in [1.807, 2.05) is 0 Å². The summed E-state index contributed by atoms with van der Waals surface area (Å²) in [7, 11) is 0.981. The fourth-order valence-corrected chi connectivity index (χ4v) is 2.67. The van der Waals surface area contributed by atoms with Crippen LogP contribution in [0.15, 0.2) is 6.07 Å². The predicted octanol–water partition coefficient (Wildman–Crippen LogP) is 3.57. The summed E-state index contributed by atoms with van der Waals surface area (Å²) in [5.41, 5.74) is -0.925. The van der Waals surface area contributed by atoms with Crippen molar-refractivity contribution in [3.63, 3.8) is 0 Å². The van der Waals surface area contributed by atoms with E-state index in [2.05, 4.69) is 9.72 Å². The van der Waals surface area contributed by atoms with Crippen molar-refractivity contribution >= 4 is 17.6 Å². The topological polar surface area (TPSA) is 132 Å². The number of rotatable bonds is 10. The molecule has 182 valence electrons. The van der Waals surface area contributed by atoms with Crippen molar-refractivity contribution in [1.82, 2.24) is 4.98 Å². The number of carbonyl (C=O) groups excluding carboxylic acids is 1. The average molecular weight is 476 g/mol. The van der Waals surface area contributed by atoms with Gasteiger partial charge in [-0.25, -0.2) is 14.6 Å². The highest BCUT2D eigenvalue weighted by Crippen LogP contribution is 2.38. The van der Waals surface area contributed by atoms with E-state index in [0.717, 1.165) is 7.11 Å². The number of pyridine rings is 1. The molecule has 8 nitrogen and oxygen atoms in total. The molecule has 4 N–H and O–H groups in total. The van der Waals surface area contributed by atoms with Gasteiger partial charge in [0, 0.05) is 0 Å². The van der Waals surface area contributed by atoms with Crippen molar-refractivity contribution in [2.45, 2.75) is 63.1 Å². The van der Waals surface area contributed by atoms with Gasteiger partial charge in [0.25, 0.3) is 5.60 Å². The lowest BCUT2D eigenvalue weighted by Gasteiger charge is -2.26. The van der Waals surface area contributed by atoms with Crippen LogP contribution in [0.4, 0.5) is 32.0 Å². The Hall–Kier alpha value is -2.77. The molecule has 1 aromatic heterocycles. The normalized spacial score (nSPS) is 15.0. The summed E-state index contributed by atoms with van der Waals surface area (Å²) in [5.74, 6) is -4.42. The van der Waals surface area contributed by atoms with E-state index in [9.17, 15) is 41.0 Å². The van der Waals surface area contributed by atoms with Gasteiger partial charge >= 0.3 is 24.3 Å². The van der Waals surface area contributed by atoms with Crippen molar-refractivity contribution in [3.8, 4) is 5.88 Å². The van der Waals surface area contributed by atoms with Gasteiger partial charge in [0.05, 0.1) is 18.9 Å². The number of aromatic nitrogens is 1. The van der Waals surface area contributed by atoms with Gasteiger partial charge in [-0.1, -0.05) is 6.42 Å². The Morgan fingerprint density at radius 3 is 2.22 bits per heavy atom. The van der Waals surface area contributed by atoms with Gasteiger partial charge in [-0.05, 0) is 38.7 Å². The lowest BCUT2D eigenvalue weighted by atomic mass is 9.95. The maximum absolute atomic E-state index is 13.3. The molecule has 2 atom stereocenters. The van der Waals surface area contributed by atoms with E-state index >= 15 is 0 Å². The number of anilines is 1. The Balaban J connectivity index is 2.80. The molecule has 0 aliphatic carbocycles. The summed E-state index contributed by atoms with van der Waals surface area (Å²) in [6, 6.07) is 0.477. The predicted molar refractivity (Wildman–Crippen MR) is 96.8 cm³/mol. The number of carboxylic acids is 1. The largest absolute Gasteiger partial charge is 0.479 e. The fraction of sp³-hybridized carbons (Fsp3) is 0.611. The number of carboxylic acid groups (broad SMARTS) is 1. The zero-order chi connectivity index (χ0) is 24.9. The van der Waals surface area contributed by atoms with E-state index in [1.165, 1.54) is 6.92 Å². The molecular weight excluding hydrogens is 454 g/mol. The van der Waals surface area contributed by atoms with E-state index in [0.29, 0.717) is 6.07 Å². The second kappa shape index (κ2) is 10.2. The van der Waals surface area contributed by atoms with Crippen LogP contribution in [0.3, 0.4) is 0 Å². The van der Waals surface area contributed by atoms with E-state index in [-0.39, 0.29) is 25.7 Å². The highest BCUT2D eigenvalue weighted by atomic mass is 19.4. The van der Waals surface area contributed by atoms with Crippen LogP contribution in [0.5, 0.6) is 5.88 Å². The Kier molecular flexibility index (Phi) is 8.72. The van der Waals surface area contributed by atoms with Crippen LogP contribution in [-0.2, 0) is 15.7 Å². The standard InChI is InChI=1S/C18H22F6N2O6/c1-9(6-4-3-5-7-16(30,15(28)29)18(22,23)24)32-13-10(17(19,20)21)8-11(25)12(26-13)14(27)31-2/h8-9,30H,3-7,25H2,1-2H3,(H,28,29)/t9-,16+/m0/s1. The number of aliphatic hydroxyl groups is 1. The average Bonchev–Trinajstić information content (AvgIpc) is 2.66. The number of esters is 1. The van der Waals surface area contributed by atoms with Crippen LogP contribution >= 0.6 is 0 Å². The number of carbonyl (C=O) groups is 2. The molecule has 1 aromatic rings. The number of aliphatic carboxylic acids is 1. The second-order valence-corrected chi connectivity index (χ2v) is 6.96. The molecule has 0 saturated heterocycles. The first kappa shape index (κ1) is 27.3. The quantitative estimate of drug-likeness (QED) is 0.265. The number of hydrogen-bond acceptors (Lipinski definition) is 7. The third kappa shape index (κ3) is 6.61. The number of nitrogen functional groups attached to an aromatic ring is 1. The number of hydrogen-bond donors (Lipinski definition) is 3. The molecule has 1 rings (SSSR count). The monoisotopic (exact) mass is 476 g/mol. The molecule has 0 amide bonds. The minimum Gasteiger partial charge on any atom is -0.479 e. The van der Waals surface area contributed by atoms with Gasteiger partial charge in [0.15, 0.2) is 5.69 Å². The maximum atomic E-state index is 13.3. The summed E-state index contributed by atoms with van der Waals surface area (Å²) < 4.78 is 87.5. The number of nitrogens with zero attached hydrogens (tertiary/aromatic N) is 1. The minimum atomic E-state index is -5.36. The number of halogens is 6. The number of alkyl halides is 6. The molecule has 14 heteroatoms. The summed E-state index contributed by atoms with van der Waals surface area (Å²) in [4.78, 5) is 25.9.